The second kappa shape index (κ2) is 7.88. The number of pyridine rings is 1. The Hall–Kier alpha value is -2.20. The van der Waals surface area contributed by atoms with Crippen molar-refractivity contribution in [2.45, 2.75) is 32.4 Å². The monoisotopic (exact) mass is 311 g/mol. The van der Waals surface area contributed by atoms with Crippen LogP contribution in [0.4, 0.5) is 0 Å². The van der Waals surface area contributed by atoms with E-state index in [1.54, 1.807) is 31.4 Å². The first kappa shape index (κ1) is 17.2. The van der Waals surface area contributed by atoms with E-state index in [4.69, 9.17) is 0 Å². The third-order valence-electron chi connectivity index (χ3n) is 3.94. The molecule has 0 fully saturated rings. The molecular formula is C19H25N3O. The van der Waals surface area contributed by atoms with Crippen LogP contribution in [0.15, 0.2) is 48.8 Å². The smallest absolute Gasteiger partial charge is 0.223 e. The molecule has 4 nitrogen and oxygen atoms in total. The molecule has 2 rings (SSSR count). The first-order valence-corrected chi connectivity index (χ1v) is 7.94. The Morgan fingerprint density at radius 3 is 2.17 bits per heavy atom. The van der Waals surface area contributed by atoms with E-state index < -0.39 is 0 Å². The van der Waals surface area contributed by atoms with Crippen LogP contribution in [0.1, 0.15) is 31.9 Å². The van der Waals surface area contributed by atoms with Gasteiger partial charge in [-0.1, -0.05) is 24.3 Å². The molecule has 0 aliphatic rings. The molecule has 2 atom stereocenters. The molecule has 1 aromatic carbocycles. The van der Waals surface area contributed by atoms with Crippen molar-refractivity contribution in [3.63, 3.8) is 0 Å². The fourth-order valence-electron chi connectivity index (χ4n) is 2.54. The van der Waals surface area contributed by atoms with E-state index in [-0.39, 0.29) is 18.0 Å². The summed E-state index contributed by atoms with van der Waals surface area (Å²) in [6.07, 6.45) is 4.11. The van der Waals surface area contributed by atoms with E-state index in [0.717, 1.165) is 5.56 Å². The van der Waals surface area contributed by atoms with Gasteiger partial charge >= 0.3 is 0 Å². The van der Waals surface area contributed by atoms with Gasteiger partial charge in [0.25, 0.3) is 0 Å². The fourth-order valence-corrected chi connectivity index (χ4v) is 2.54. The topological polar surface area (TPSA) is 45.2 Å². The van der Waals surface area contributed by atoms with Crippen LogP contribution in [-0.4, -0.2) is 35.9 Å². The Balaban J connectivity index is 1.97. The minimum atomic E-state index is 0.139. The highest BCUT2D eigenvalue weighted by atomic mass is 16.2. The minimum Gasteiger partial charge on any atom is -0.349 e. The maximum Gasteiger partial charge on any atom is 0.223 e. The zero-order valence-electron chi connectivity index (χ0n) is 14.3. The summed E-state index contributed by atoms with van der Waals surface area (Å²) in [7, 11) is 3.58. The first-order valence-electron chi connectivity index (χ1n) is 7.94. The molecule has 23 heavy (non-hydrogen) atoms. The molecule has 0 spiro atoms. The largest absolute Gasteiger partial charge is 0.349 e. The van der Waals surface area contributed by atoms with Crippen LogP contribution in [0.2, 0.25) is 0 Å². The second-order valence-corrected chi connectivity index (χ2v) is 6.14. The molecule has 1 heterocycles. The summed E-state index contributed by atoms with van der Waals surface area (Å²) >= 11 is 0. The molecule has 0 aliphatic carbocycles. The SMILES string of the molecule is C[C@H](CC(=O)N(C)C)N[C@H](C)c1ccc(-c2ccncc2)cc1. The summed E-state index contributed by atoms with van der Waals surface area (Å²) in [6, 6.07) is 12.9. The van der Waals surface area contributed by atoms with E-state index in [2.05, 4.69) is 41.5 Å². The first-order chi connectivity index (χ1) is 11.0. The third-order valence-corrected chi connectivity index (χ3v) is 3.94. The normalized spacial score (nSPS) is 13.4. The van der Waals surface area contributed by atoms with Crippen LogP contribution in [-0.2, 0) is 4.79 Å². The lowest BCUT2D eigenvalue weighted by molar-refractivity contribution is -0.129. The van der Waals surface area contributed by atoms with E-state index in [9.17, 15) is 4.79 Å². The highest BCUT2D eigenvalue weighted by Crippen LogP contribution is 2.21. The van der Waals surface area contributed by atoms with Gasteiger partial charge in [-0.15, -0.1) is 0 Å². The average molecular weight is 311 g/mol. The summed E-state index contributed by atoms with van der Waals surface area (Å²) < 4.78 is 0. The third kappa shape index (κ3) is 4.89. The maximum atomic E-state index is 11.8. The number of carbonyl (C=O) groups excluding carboxylic acids is 1. The van der Waals surface area contributed by atoms with Gasteiger partial charge in [0.1, 0.15) is 0 Å². The van der Waals surface area contributed by atoms with Crippen molar-refractivity contribution in [1.29, 1.82) is 0 Å². The van der Waals surface area contributed by atoms with Crippen LogP contribution in [0.25, 0.3) is 11.1 Å². The number of carbonyl (C=O) groups is 1. The van der Waals surface area contributed by atoms with Crippen molar-refractivity contribution in [1.82, 2.24) is 15.2 Å². The van der Waals surface area contributed by atoms with Gasteiger partial charge in [0, 0.05) is 45.0 Å². The van der Waals surface area contributed by atoms with Crippen LogP contribution in [0.5, 0.6) is 0 Å². The summed E-state index contributed by atoms with van der Waals surface area (Å²) in [5, 5.41) is 3.48. The van der Waals surface area contributed by atoms with Crippen molar-refractivity contribution >= 4 is 5.91 Å². The van der Waals surface area contributed by atoms with Crippen molar-refractivity contribution in [3.8, 4) is 11.1 Å². The highest BCUT2D eigenvalue weighted by Gasteiger charge is 2.14. The van der Waals surface area contributed by atoms with Crippen LogP contribution < -0.4 is 5.32 Å². The van der Waals surface area contributed by atoms with E-state index in [0.29, 0.717) is 6.42 Å². The summed E-state index contributed by atoms with van der Waals surface area (Å²) in [4.78, 5) is 17.4. The molecule has 0 saturated carbocycles. The number of nitrogens with zero attached hydrogens (tertiary/aromatic N) is 2. The molecule has 0 unspecified atom stereocenters. The van der Waals surface area contributed by atoms with Crippen molar-refractivity contribution < 1.29 is 4.79 Å². The van der Waals surface area contributed by atoms with Gasteiger partial charge in [0.15, 0.2) is 0 Å². The average Bonchev–Trinajstić information content (AvgIpc) is 2.55. The number of benzene rings is 1. The summed E-state index contributed by atoms with van der Waals surface area (Å²) in [5.41, 5.74) is 3.56. The predicted octanol–water partition coefficient (Wildman–Crippen LogP) is 3.27. The summed E-state index contributed by atoms with van der Waals surface area (Å²) in [5.74, 6) is 0.144. The number of hydrogen-bond acceptors (Lipinski definition) is 3. The Kier molecular flexibility index (Phi) is 5.88. The van der Waals surface area contributed by atoms with Gasteiger partial charge in [-0.25, -0.2) is 0 Å². The van der Waals surface area contributed by atoms with Crippen molar-refractivity contribution in [3.05, 3.63) is 54.4 Å². The number of nitrogens with one attached hydrogen (secondary N) is 1. The maximum absolute atomic E-state index is 11.8. The van der Waals surface area contributed by atoms with Gasteiger partial charge in [0.05, 0.1) is 0 Å². The van der Waals surface area contributed by atoms with Gasteiger partial charge < -0.3 is 10.2 Å². The zero-order chi connectivity index (χ0) is 16.8. The van der Waals surface area contributed by atoms with Crippen molar-refractivity contribution in [2.24, 2.45) is 0 Å². The molecule has 2 aromatic rings. The van der Waals surface area contributed by atoms with Crippen LogP contribution in [0, 0.1) is 0 Å². The standard InChI is InChI=1S/C19H25N3O/c1-14(13-19(23)22(3)4)21-15(2)16-5-7-17(8-6-16)18-9-11-20-12-10-18/h5-12,14-15,21H,13H2,1-4H3/t14-,15-/m1/s1. The Bertz CT molecular complexity index is 623. The predicted molar refractivity (Wildman–Crippen MR) is 94.0 cm³/mol. The molecular weight excluding hydrogens is 286 g/mol. The van der Waals surface area contributed by atoms with Gasteiger partial charge in [-0.2, -0.15) is 0 Å². The van der Waals surface area contributed by atoms with E-state index >= 15 is 0 Å². The van der Waals surface area contributed by atoms with Crippen LogP contribution >= 0.6 is 0 Å². The molecule has 0 aliphatic heterocycles. The molecule has 122 valence electrons. The van der Waals surface area contributed by atoms with E-state index in [1.165, 1.54) is 11.1 Å². The molecule has 0 radical (unpaired) electrons. The van der Waals surface area contributed by atoms with Crippen LogP contribution in [0.3, 0.4) is 0 Å². The molecule has 4 heteroatoms. The lowest BCUT2D eigenvalue weighted by Gasteiger charge is -2.21. The molecule has 1 amide bonds. The van der Waals surface area contributed by atoms with Gasteiger partial charge in [-0.3, -0.25) is 9.78 Å². The molecule has 0 bridgehead atoms. The molecule has 1 N–H and O–H groups in total. The molecule has 0 saturated heterocycles. The number of amides is 1. The van der Waals surface area contributed by atoms with Crippen molar-refractivity contribution in [2.75, 3.05) is 14.1 Å². The van der Waals surface area contributed by atoms with Gasteiger partial charge in [-0.05, 0) is 42.7 Å². The quantitative estimate of drug-likeness (QED) is 0.890. The molecule has 1 aromatic heterocycles. The Morgan fingerprint density at radius 2 is 1.61 bits per heavy atom. The highest BCUT2D eigenvalue weighted by molar-refractivity contribution is 5.76. The number of aromatic nitrogens is 1. The lowest BCUT2D eigenvalue weighted by Crippen LogP contribution is -2.34. The fraction of sp³-hybridized carbons (Fsp3) is 0.368. The Morgan fingerprint density at radius 1 is 1.04 bits per heavy atom. The zero-order valence-corrected chi connectivity index (χ0v) is 14.3. The Labute approximate surface area is 138 Å². The minimum absolute atomic E-state index is 0.139. The number of rotatable bonds is 6. The second-order valence-electron chi connectivity index (χ2n) is 6.14. The van der Waals surface area contributed by atoms with E-state index in [1.807, 2.05) is 19.1 Å². The summed E-state index contributed by atoms with van der Waals surface area (Å²) in [6.45, 7) is 4.17. The lowest BCUT2D eigenvalue weighted by atomic mass is 10.0. The van der Waals surface area contributed by atoms with Gasteiger partial charge in [0.2, 0.25) is 5.91 Å². The number of hydrogen-bond donors (Lipinski definition) is 1.